The van der Waals surface area contributed by atoms with Gasteiger partial charge >= 0.3 is 0 Å². The second kappa shape index (κ2) is 5.45. The molecule has 1 aliphatic heterocycles. The van der Waals surface area contributed by atoms with Crippen LogP contribution >= 0.6 is 0 Å². The Balaban J connectivity index is 2.09. The van der Waals surface area contributed by atoms with E-state index in [9.17, 15) is 0 Å². The van der Waals surface area contributed by atoms with Gasteiger partial charge < -0.3 is 10.1 Å². The molecule has 1 aliphatic rings. The molecule has 1 saturated heterocycles. The Hall–Kier alpha value is -1.16. The van der Waals surface area contributed by atoms with E-state index in [0.29, 0.717) is 5.92 Å². The molecule has 4 heteroatoms. The molecule has 0 saturated carbocycles. The Kier molecular flexibility index (Phi) is 3.94. The average Bonchev–Trinajstić information content (AvgIpc) is 2.29. The number of ether oxygens (including phenoxy) is 1. The molecule has 94 valence electrons. The smallest absolute Gasteiger partial charge is 0.217 e. The van der Waals surface area contributed by atoms with Gasteiger partial charge in [-0.3, -0.25) is 0 Å². The van der Waals surface area contributed by atoms with Crippen molar-refractivity contribution in [3.63, 3.8) is 0 Å². The van der Waals surface area contributed by atoms with Gasteiger partial charge in [-0.15, -0.1) is 0 Å². The van der Waals surface area contributed by atoms with E-state index in [4.69, 9.17) is 4.74 Å². The normalized spacial score (nSPS) is 20.6. The third kappa shape index (κ3) is 3.40. The van der Waals surface area contributed by atoms with Crippen LogP contribution in [-0.4, -0.2) is 29.2 Å². The highest BCUT2D eigenvalue weighted by molar-refractivity contribution is 5.17. The molecule has 4 nitrogen and oxygen atoms in total. The second-order valence-electron chi connectivity index (χ2n) is 4.95. The van der Waals surface area contributed by atoms with Gasteiger partial charge in [0.2, 0.25) is 5.88 Å². The van der Waals surface area contributed by atoms with Crippen LogP contribution in [0.2, 0.25) is 0 Å². The van der Waals surface area contributed by atoms with E-state index in [1.165, 1.54) is 6.42 Å². The van der Waals surface area contributed by atoms with Crippen LogP contribution in [0.3, 0.4) is 0 Å². The van der Waals surface area contributed by atoms with E-state index < -0.39 is 0 Å². The van der Waals surface area contributed by atoms with Crippen LogP contribution in [0.25, 0.3) is 0 Å². The Morgan fingerprint density at radius 1 is 1.41 bits per heavy atom. The summed E-state index contributed by atoms with van der Waals surface area (Å²) in [6.45, 7) is 8.20. The molecule has 17 heavy (non-hydrogen) atoms. The molecule has 0 spiro atoms. The first-order valence-electron chi connectivity index (χ1n) is 6.38. The summed E-state index contributed by atoms with van der Waals surface area (Å²) >= 11 is 0. The molecule has 2 rings (SSSR count). The lowest BCUT2D eigenvalue weighted by molar-refractivity contribution is 0.159. The number of piperidine rings is 1. The summed E-state index contributed by atoms with van der Waals surface area (Å²) in [7, 11) is 0. The molecule has 0 bridgehead atoms. The van der Waals surface area contributed by atoms with Gasteiger partial charge in [-0.2, -0.15) is 4.98 Å². The second-order valence-corrected chi connectivity index (χ2v) is 4.95. The summed E-state index contributed by atoms with van der Waals surface area (Å²) in [5.74, 6) is 1.92. The van der Waals surface area contributed by atoms with E-state index >= 15 is 0 Å². The van der Waals surface area contributed by atoms with Crippen molar-refractivity contribution >= 4 is 0 Å². The lowest BCUT2D eigenvalue weighted by atomic mass is 10.1. The molecular weight excluding hydrogens is 214 g/mol. The molecule has 2 heterocycles. The van der Waals surface area contributed by atoms with Gasteiger partial charge in [-0.1, -0.05) is 13.8 Å². The lowest BCUT2D eigenvalue weighted by Gasteiger charge is -2.23. The highest BCUT2D eigenvalue weighted by atomic mass is 16.5. The predicted molar refractivity (Wildman–Crippen MR) is 67.4 cm³/mol. The molecule has 0 aliphatic carbocycles. The molecule has 0 radical (unpaired) electrons. The third-order valence-electron chi connectivity index (χ3n) is 2.90. The maximum absolute atomic E-state index is 5.91. The maximum Gasteiger partial charge on any atom is 0.217 e. The largest absolute Gasteiger partial charge is 0.473 e. The average molecular weight is 235 g/mol. The van der Waals surface area contributed by atoms with Crippen LogP contribution in [0.15, 0.2) is 6.07 Å². The fourth-order valence-electron chi connectivity index (χ4n) is 1.97. The van der Waals surface area contributed by atoms with Gasteiger partial charge in [-0.25, -0.2) is 4.98 Å². The number of hydrogen-bond donors (Lipinski definition) is 1. The number of nitrogens with one attached hydrogen (secondary N) is 1. The first-order chi connectivity index (χ1) is 8.15. The van der Waals surface area contributed by atoms with Crippen molar-refractivity contribution < 1.29 is 4.74 Å². The van der Waals surface area contributed by atoms with Gasteiger partial charge in [0, 0.05) is 24.2 Å². The zero-order valence-corrected chi connectivity index (χ0v) is 10.9. The summed E-state index contributed by atoms with van der Waals surface area (Å²) in [6, 6.07) is 1.92. The highest BCUT2D eigenvalue weighted by Crippen LogP contribution is 2.17. The Morgan fingerprint density at radius 2 is 2.24 bits per heavy atom. The van der Waals surface area contributed by atoms with Crippen LogP contribution < -0.4 is 10.1 Å². The fraction of sp³-hybridized carbons (Fsp3) is 0.692. The summed E-state index contributed by atoms with van der Waals surface area (Å²) in [6.07, 6.45) is 2.52. The minimum atomic E-state index is 0.248. The summed E-state index contributed by atoms with van der Waals surface area (Å²) in [5, 5.41) is 3.34. The quantitative estimate of drug-likeness (QED) is 0.871. The molecule has 1 fully saturated rings. The van der Waals surface area contributed by atoms with E-state index in [0.717, 1.165) is 36.9 Å². The van der Waals surface area contributed by atoms with Gasteiger partial charge in [-0.05, 0) is 26.3 Å². The van der Waals surface area contributed by atoms with Gasteiger partial charge in [0.25, 0.3) is 0 Å². The number of nitrogens with zero attached hydrogens (tertiary/aromatic N) is 2. The Morgan fingerprint density at radius 3 is 2.88 bits per heavy atom. The highest BCUT2D eigenvalue weighted by Gasteiger charge is 2.16. The van der Waals surface area contributed by atoms with Crippen molar-refractivity contribution in [2.24, 2.45) is 0 Å². The zero-order chi connectivity index (χ0) is 12.3. The number of aryl methyl sites for hydroxylation is 1. The molecular formula is C13H21N3O. The van der Waals surface area contributed by atoms with Crippen molar-refractivity contribution in [2.45, 2.75) is 45.6 Å². The monoisotopic (exact) mass is 235 g/mol. The zero-order valence-electron chi connectivity index (χ0n) is 10.9. The van der Waals surface area contributed by atoms with Gasteiger partial charge in [0.1, 0.15) is 11.9 Å². The lowest BCUT2D eigenvalue weighted by Crippen LogP contribution is -2.37. The van der Waals surface area contributed by atoms with Crippen molar-refractivity contribution in [3.05, 3.63) is 17.6 Å². The number of hydrogen-bond acceptors (Lipinski definition) is 4. The van der Waals surface area contributed by atoms with Gasteiger partial charge in [0.15, 0.2) is 0 Å². The molecule has 0 aromatic carbocycles. The van der Waals surface area contributed by atoms with E-state index in [-0.39, 0.29) is 6.10 Å². The maximum atomic E-state index is 5.91. The Bertz CT molecular complexity index is 373. The summed E-state index contributed by atoms with van der Waals surface area (Å²) < 4.78 is 5.91. The van der Waals surface area contributed by atoms with Crippen LogP contribution in [0, 0.1) is 6.92 Å². The molecule has 1 N–H and O–H groups in total. The molecule has 0 amide bonds. The van der Waals surface area contributed by atoms with E-state index in [1.807, 2.05) is 13.0 Å². The van der Waals surface area contributed by atoms with Crippen molar-refractivity contribution in [3.8, 4) is 5.88 Å². The van der Waals surface area contributed by atoms with E-state index in [1.54, 1.807) is 0 Å². The fourth-order valence-corrected chi connectivity index (χ4v) is 1.97. The molecule has 1 aromatic rings. The Labute approximate surface area is 103 Å². The minimum absolute atomic E-state index is 0.248. The number of rotatable bonds is 3. The summed E-state index contributed by atoms with van der Waals surface area (Å²) in [5.41, 5.74) is 0.975. The van der Waals surface area contributed by atoms with E-state index in [2.05, 4.69) is 29.1 Å². The van der Waals surface area contributed by atoms with Crippen molar-refractivity contribution in [1.82, 2.24) is 15.3 Å². The molecule has 1 atom stereocenters. The van der Waals surface area contributed by atoms with Crippen LogP contribution in [0.4, 0.5) is 0 Å². The van der Waals surface area contributed by atoms with Crippen molar-refractivity contribution in [1.29, 1.82) is 0 Å². The first kappa shape index (κ1) is 12.3. The topological polar surface area (TPSA) is 47.0 Å². The third-order valence-corrected chi connectivity index (χ3v) is 2.90. The molecule has 1 aromatic heterocycles. The minimum Gasteiger partial charge on any atom is -0.473 e. The van der Waals surface area contributed by atoms with Crippen LogP contribution in [-0.2, 0) is 0 Å². The SMILES string of the molecule is Cc1cc(OC2CCCNC2)nc(C(C)C)n1. The van der Waals surface area contributed by atoms with Crippen molar-refractivity contribution in [2.75, 3.05) is 13.1 Å². The predicted octanol–water partition coefficient (Wildman–Crippen LogP) is 2.04. The standard InChI is InChI=1S/C13H21N3O/c1-9(2)13-15-10(3)7-12(16-13)17-11-5-4-6-14-8-11/h7,9,11,14H,4-6,8H2,1-3H3. The molecule has 1 unspecified atom stereocenters. The first-order valence-corrected chi connectivity index (χ1v) is 6.38. The van der Waals surface area contributed by atoms with Gasteiger partial charge in [0.05, 0.1) is 0 Å². The van der Waals surface area contributed by atoms with Crippen LogP contribution in [0.1, 0.15) is 44.1 Å². The number of aromatic nitrogens is 2. The van der Waals surface area contributed by atoms with Crippen LogP contribution in [0.5, 0.6) is 5.88 Å². The summed E-state index contributed by atoms with van der Waals surface area (Å²) in [4.78, 5) is 8.89.